The number of halogens is 1. The predicted octanol–water partition coefficient (Wildman–Crippen LogP) is 4.57. The van der Waals surface area contributed by atoms with Gasteiger partial charge in [-0.05, 0) is 48.4 Å². The molecule has 2 aromatic heterocycles. The summed E-state index contributed by atoms with van der Waals surface area (Å²) < 4.78 is 0. The zero-order chi connectivity index (χ0) is 21.7. The highest BCUT2D eigenvalue weighted by atomic mass is 35.5. The van der Waals surface area contributed by atoms with Crippen molar-refractivity contribution in [1.29, 1.82) is 0 Å². The summed E-state index contributed by atoms with van der Waals surface area (Å²) in [6.45, 7) is 1.81. The second kappa shape index (κ2) is 9.50. The van der Waals surface area contributed by atoms with Crippen LogP contribution in [0.4, 0.5) is 11.5 Å². The van der Waals surface area contributed by atoms with Gasteiger partial charge in [0.25, 0.3) is 0 Å². The summed E-state index contributed by atoms with van der Waals surface area (Å²) in [6.07, 6.45) is 4.61. The van der Waals surface area contributed by atoms with Crippen LogP contribution in [0.2, 0.25) is 5.02 Å². The molecular weight excluding hydrogens is 400 g/mol. The topological polar surface area (TPSA) is 89.2 Å². The van der Waals surface area contributed by atoms with Crippen molar-refractivity contribution in [3.8, 4) is 11.3 Å². The third-order valence-electron chi connectivity index (χ3n) is 4.87. The Morgan fingerprint density at radius 3 is 2.47 bits per heavy atom. The van der Waals surface area contributed by atoms with Gasteiger partial charge in [0.1, 0.15) is 5.82 Å². The number of carbonyl (C=O) groups is 2. The SMILES string of the molecule is CCC(=O)N(C)c1ccc(-c2ccc(C(=O)CCc3ccc(N)nc3)cn2)c(Cl)c1. The number of nitrogen functional groups attached to an aromatic ring is 1. The highest BCUT2D eigenvalue weighted by Gasteiger charge is 2.13. The maximum absolute atomic E-state index is 12.5. The summed E-state index contributed by atoms with van der Waals surface area (Å²) in [5, 5.41) is 0.491. The first kappa shape index (κ1) is 21.5. The molecule has 0 atom stereocenters. The van der Waals surface area contributed by atoms with Gasteiger partial charge in [-0.3, -0.25) is 14.6 Å². The molecule has 0 aliphatic rings. The van der Waals surface area contributed by atoms with Crippen molar-refractivity contribution in [2.45, 2.75) is 26.2 Å². The second-order valence-corrected chi connectivity index (χ2v) is 7.32. The van der Waals surface area contributed by atoms with E-state index in [9.17, 15) is 9.59 Å². The Kier molecular flexibility index (Phi) is 6.79. The molecule has 2 N–H and O–H groups in total. The van der Waals surface area contributed by atoms with E-state index in [-0.39, 0.29) is 11.7 Å². The Balaban J connectivity index is 1.69. The molecule has 1 aromatic carbocycles. The molecule has 154 valence electrons. The number of anilines is 2. The molecule has 30 heavy (non-hydrogen) atoms. The molecule has 7 heteroatoms. The number of ketones is 1. The maximum Gasteiger partial charge on any atom is 0.226 e. The van der Waals surface area contributed by atoms with Crippen molar-refractivity contribution in [1.82, 2.24) is 9.97 Å². The fourth-order valence-electron chi connectivity index (χ4n) is 3.01. The molecule has 0 saturated heterocycles. The van der Waals surface area contributed by atoms with Crippen LogP contribution in [0.5, 0.6) is 0 Å². The van der Waals surface area contributed by atoms with Gasteiger partial charge < -0.3 is 10.6 Å². The van der Waals surface area contributed by atoms with Crippen LogP contribution in [0.25, 0.3) is 11.3 Å². The summed E-state index contributed by atoms with van der Waals surface area (Å²) in [7, 11) is 1.72. The monoisotopic (exact) mass is 422 g/mol. The van der Waals surface area contributed by atoms with Crippen molar-refractivity contribution in [2.24, 2.45) is 0 Å². The Morgan fingerprint density at radius 1 is 1.07 bits per heavy atom. The highest BCUT2D eigenvalue weighted by molar-refractivity contribution is 6.33. The average molecular weight is 423 g/mol. The van der Waals surface area contributed by atoms with E-state index in [1.807, 2.05) is 25.1 Å². The molecule has 0 spiro atoms. The molecule has 3 aromatic rings. The van der Waals surface area contributed by atoms with Crippen molar-refractivity contribution < 1.29 is 9.59 Å². The molecular formula is C23H23ClN4O2. The number of aromatic nitrogens is 2. The van der Waals surface area contributed by atoms with Gasteiger partial charge >= 0.3 is 0 Å². The first-order chi connectivity index (χ1) is 14.4. The number of Topliss-reactive ketones (excluding diaryl/α,β-unsaturated/α-hetero) is 1. The molecule has 1 amide bonds. The van der Waals surface area contributed by atoms with Crippen LogP contribution in [0.15, 0.2) is 54.9 Å². The zero-order valence-electron chi connectivity index (χ0n) is 16.9. The van der Waals surface area contributed by atoms with Crippen molar-refractivity contribution in [2.75, 3.05) is 17.7 Å². The lowest BCUT2D eigenvalue weighted by Gasteiger charge is -2.17. The van der Waals surface area contributed by atoms with Crippen LogP contribution in [0, 0.1) is 0 Å². The fourth-order valence-corrected chi connectivity index (χ4v) is 3.28. The number of benzene rings is 1. The number of amides is 1. The predicted molar refractivity (Wildman–Crippen MR) is 120 cm³/mol. The summed E-state index contributed by atoms with van der Waals surface area (Å²) in [6, 6.07) is 12.5. The molecule has 0 saturated carbocycles. The normalized spacial score (nSPS) is 10.6. The van der Waals surface area contributed by atoms with E-state index in [1.165, 1.54) is 0 Å². The average Bonchev–Trinajstić information content (AvgIpc) is 2.77. The van der Waals surface area contributed by atoms with Crippen LogP contribution in [-0.4, -0.2) is 28.7 Å². The lowest BCUT2D eigenvalue weighted by atomic mass is 10.0. The minimum atomic E-state index is 0.00650. The lowest BCUT2D eigenvalue weighted by molar-refractivity contribution is -0.118. The van der Waals surface area contributed by atoms with Gasteiger partial charge in [-0.2, -0.15) is 0 Å². The zero-order valence-corrected chi connectivity index (χ0v) is 17.7. The number of aryl methyl sites for hydroxylation is 1. The van der Waals surface area contributed by atoms with Crippen LogP contribution in [0.3, 0.4) is 0 Å². The number of rotatable bonds is 7. The Labute approximate surface area is 180 Å². The molecule has 0 aliphatic carbocycles. The van der Waals surface area contributed by atoms with Crippen molar-refractivity contribution in [3.05, 3.63) is 71.0 Å². The first-order valence-electron chi connectivity index (χ1n) is 9.65. The van der Waals surface area contributed by atoms with Gasteiger partial charge in [-0.1, -0.05) is 24.6 Å². The van der Waals surface area contributed by atoms with E-state index in [1.54, 1.807) is 48.6 Å². The van der Waals surface area contributed by atoms with Gasteiger partial charge in [0.05, 0.1) is 10.7 Å². The van der Waals surface area contributed by atoms with Crippen molar-refractivity contribution in [3.63, 3.8) is 0 Å². The van der Waals surface area contributed by atoms with Crippen LogP contribution in [-0.2, 0) is 11.2 Å². The van der Waals surface area contributed by atoms with E-state index in [0.717, 1.165) is 16.8 Å². The number of pyridine rings is 2. The number of nitrogens with zero attached hydrogens (tertiary/aromatic N) is 3. The van der Waals surface area contributed by atoms with E-state index in [2.05, 4.69) is 9.97 Å². The third-order valence-corrected chi connectivity index (χ3v) is 5.18. The van der Waals surface area contributed by atoms with E-state index in [0.29, 0.717) is 41.4 Å². The van der Waals surface area contributed by atoms with Gasteiger partial charge in [0.15, 0.2) is 5.78 Å². The summed E-state index contributed by atoms with van der Waals surface area (Å²) in [4.78, 5) is 34.3. The smallest absolute Gasteiger partial charge is 0.226 e. The van der Waals surface area contributed by atoms with Gasteiger partial charge in [-0.15, -0.1) is 0 Å². The molecule has 0 fully saturated rings. The molecule has 3 rings (SSSR count). The third kappa shape index (κ3) is 5.02. The maximum atomic E-state index is 12.5. The second-order valence-electron chi connectivity index (χ2n) is 6.92. The molecule has 0 radical (unpaired) electrons. The quantitative estimate of drug-likeness (QED) is 0.563. The summed E-state index contributed by atoms with van der Waals surface area (Å²) in [5.74, 6) is 0.474. The Bertz CT molecular complexity index is 1050. The minimum absolute atomic E-state index is 0.00650. The lowest BCUT2D eigenvalue weighted by Crippen LogP contribution is -2.24. The molecule has 0 bridgehead atoms. The van der Waals surface area contributed by atoms with Crippen LogP contribution >= 0.6 is 11.6 Å². The van der Waals surface area contributed by atoms with E-state index >= 15 is 0 Å². The number of carbonyl (C=O) groups excluding carboxylic acids is 2. The molecule has 0 unspecified atom stereocenters. The molecule has 0 aliphatic heterocycles. The number of nitrogens with two attached hydrogens (primary N) is 1. The first-order valence-corrected chi connectivity index (χ1v) is 10.0. The van der Waals surface area contributed by atoms with Gasteiger partial charge in [-0.25, -0.2) is 4.98 Å². The fraction of sp³-hybridized carbons (Fsp3) is 0.217. The minimum Gasteiger partial charge on any atom is -0.384 e. The Morgan fingerprint density at radius 2 is 1.87 bits per heavy atom. The number of hydrogen-bond acceptors (Lipinski definition) is 5. The molecule has 2 heterocycles. The summed E-state index contributed by atoms with van der Waals surface area (Å²) >= 11 is 6.43. The standard InChI is InChI=1S/C23H23ClN4O2/c1-3-23(30)28(2)17-7-8-18(19(24)12-17)20-9-6-16(14-26-20)21(29)10-4-15-5-11-22(25)27-13-15/h5-9,11-14H,3-4,10H2,1-2H3,(H2,25,27). The number of hydrogen-bond donors (Lipinski definition) is 1. The molecule has 6 nitrogen and oxygen atoms in total. The summed E-state index contributed by atoms with van der Waals surface area (Å²) in [5.41, 5.74) is 9.20. The van der Waals surface area contributed by atoms with Gasteiger partial charge in [0.2, 0.25) is 5.91 Å². The van der Waals surface area contributed by atoms with Crippen molar-refractivity contribution >= 4 is 34.8 Å². The Hall–Kier alpha value is -3.25. The van der Waals surface area contributed by atoms with E-state index < -0.39 is 0 Å². The largest absolute Gasteiger partial charge is 0.384 e. The highest BCUT2D eigenvalue weighted by Crippen LogP contribution is 2.30. The van der Waals surface area contributed by atoms with Crippen LogP contribution < -0.4 is 10.6 Å². The van der Waals surface area contributed by atoms with Gasteiger partial charge in [0, 0.05) is 49.1 Å². The van der Waals surface area contributed by atoms with E-state index in [4.69, 9.17) is 17.3 Å². The van der Waals surface area contributed by atoms with Crippen LogP contribution in [0.1, 0.15) is 35.7 Å².